The molecular weight excluding hydrogens is 387 g/mol. The molecule has 6 nitrogen and oxygen atoms in total. The number of halogens is 1. The fourth-order valence-corrected chi connectivity index (χ4v) is 3.62. The molecule has 2 aromatic heterocycles. The molecule has 0 radical (unpaired) electrons. The van der Waals surface area contributed by atoms with Gasteiger partial charge in [0.15, 0.2) is 5.11 Å². The van der Waals surface area contributed by atoms with Crippen molar-refractivity contribution in [1.82, 2.24) is 24.9 Å². The van der Waals surface area contributed by atoms with Crippen LogP contribution in [-0.2, 0) is 13.1 Å². The van der Waals surface area contributed by atoms with E-state index in [1.54, 1.807) is 12.1 Å². The van der Waals surface area contributed by atoms with E-state index in [1.165, 1.54) is 12.1 Å². The standard InChI is InChI=1S/C21H27FN6S/c1-6-27-12-19(14(3)25-27)13(2)23-21(29)24-20-15(4)26-28(16(20)5)11-17-7-9-18(22)10-8-17/h7-10,12-13H,6,11H2,1-5H3,(H2,23,24,29). The van der Waals surface area contributed by atoms with Gasteiger partial charge < -0.3 is 10.6 Å². The molecule has 0 bridgehead atoms. The third-order valence-corrected chi connectivity index (χ3v) is 5.21. The Morgan fingerprint density at radius 1 is 1.14 bits per heavy atom. The summed E-state index contributed by atoms with van der Waals surface area (Å²) in [5.74, 6) is -0.241. The van der Waals surface area contributed by atoms with E-state index in [1.807, 2.05) is 36.3 Å². The molecule has 8 heteroatoms. The zero-order valence-corrected chi connectivity index (χ0v) is 18.3. The van der Waals surface area contributed by atoms with Crippen molar-refractivity contribution in [2.45, 2.75) is 53.8 Å². The van der Waals surface area contributed by atoms with Gasteiger partial charge in [-0.25, -0.2) is 4.39 Å². The molecule has 3 aromatic rings. The Labute approximate surface area is 176 Å². The quantitative estimate of drug-likeness (QED) is 0.590. The third kappa shape index (κ3) is 4.82. The van der Waals surface area contributed by atoms with Crippen LogP contribution >= 0.6 is 12.2 Å². The van der Waals surface area contributed by atoms with Gasteiger partial charge in [-0.05, 0) is 64.5 Å². The fraction of sp³-hybridized carbons (Fsp3) is 0.381. The second-order valence-corrected chi connectivity index (χ2v) is 7.58. The molecule has 1 aromatic carbocycles. The van der Waals surface area contributed by atoms with E-state index in [0.717, 1.165) is 40.4 Å². The van der Waals surface area contributed by atoms with Crippen LogP contribution in [-0.4, -0.2) is 24.7 Å². The van der Waals surface area contributed by atoms with Crippen LogP contribution < -0.4 is 10.6 Å². The maximum atomic E-state index is 13.1. The number of hydrogen-bond donors (Lipinski definition) is 2. The maximum absolute atomic E-state index is 13.1. The van der Waals surface area contributed by atoms with Gasteiger partial charge in [0, 0.05) is 18.3 Å². The van der Waals surface area contributed by atoms with Crippen molar-refractivity contribution in [2.24, 2.45) is 0 Å². The first kappa shape index (κ1) is 21.0. The molecule has 29 heavy (non-hydrogen) atoms. The molecule has 1 unspecified atom stereocenters. The first-order chi connectivity index (χ1) is 13.8. The summed E-state index contributed by atoms with van der Waals surface area (Å²) in [6.07, 6.45) is 2.05. The molecule has 0 amide bonds. The van der Waals surface area contributed by atoms with Crippen LogP contribution in [0.3, 0.4) is 0 Å². The summed E-state index contributed by atoms with van der Waals surface area (Å²) < 4.78 is 16.9. The van der Waals surface area contributed by atoms with Crippen molar-refractivity contribution in [3.8, 4) is 0 Å². The summed E-state index contributed by atoms with van der Waals surface area (Å²) in [6, 6.07) is 6.49. The topological polar surface area (TPSA) is 59.7 Å². The molecule has 0 saturated heterocycles. The molecule has 0 spiro atoms. The largest absolute Gasteiger partial charge is 0.356 e. The van der Waals surface area contributed by atoms with Crippen molar-refractivity contribution in [3.05, 3.63) is 64.5 Å². The van der Waals surface area contributed by atoms with Crippen molar-refractivity contribution in [1.29, 1.82) is 0 Å². The second kappa shape index (κ2) is 8.73. The number of rotatable bonds is 6. The molecule has 1 atom stereocenters. The van der Waals surface area contributed by atoms with Crippen molar-refractivity contribution < 1.29 is 4.39 Å². The lowest BCUT2D eigenvalue weighted by atomic mass is 10.1. The van der Waals surface area contributed by atoms with Gasteiger partial charge >= 0.3 is 0 Å². The molecule has 3 rings (SSSR count). The minimum absolute atomic E-state index is 0.0326. The predicted molar refractivity (Wildman–Crippen MR) is 118 cm³/mol. The van der Waals surface area contributed by atoms with Crippen LogP contribution in [0.25, 0.3) is 0 Å². The Kier molecular flexibility index (Phi) is 6.32. The van der Waals surface area contributed by atoms with Crippen LogP contribution in [0.1, 0.15) is 48.1 Å². The van der Waals surface area contributed by atoms with Crippen molar-refractivity contribution in [2.75, 3.05) is 5.32 Å². The molecule has 0 aliphatic rings. The molecule has 0 fully saturated rings. The Hall–Kier alpha value is -2.74. The van der Waals surface area contributed by atoms with Crippen molar-refractivity contribution in [3.63, 3.8) is 0 Å². The molecule has 0 aliphatic heterocycles. The summed E-state index contributed by atoms with van der Waals surface area (Å²) in [6.45, 7) is 11.5. The van der Waals surface area contributed by atoms with E-state index < -0.39 is 0 Å². The number of aromatic nitrogens is 4. The zero-order chi connectivity index (χ0) is 21.1. The number of anilines is 1. The minimum atomic E-state index is -0.241. The van der Waals surface area contributed by atoms with E-state index in [0.29, 0.717) is 11.7 Å². The lowest BCUT2D eigenvalue weighted by Crippen LogP contribution is -2.31. The monoisotopic (exact) mass is 414 g/mol. The summed E-state index contributed by atoms with van der Waals surface area (Å²) >= 11 is 5.54. The lowest BCUT2D eigenvalue weighted by Gasteiger charge is -2.17. The Bertz CT molecular complexity index is 1010. The summed E-state index contributed by atoms with van der Waals surface area (Å²) in [7, 11) is 0. The van der Waals surface area contributed by atoms with Gasteiger partial charge in [0.05, 0.1) is 35.4 Å². The normalized spacial score (nSPS) is 12.1. The molecule has 154 valence electrons. The highest BCUT2D eigenvalue weighted by molar-refractivity contribution is 7.80. The average Bonchev–Trinajstić information content (AvgIpc) is 3.18. The number of nitrogens with zero attached hydrogens (tertiary/aromatic N) is 4. The number of aryl methyl sites for hydroxylation is 3. The smallest absolute Gasteiger partial charge is 0.171 e. The van der Waals surface area contributed by atoms with Crippen molar-refractivity contribution >= 4 is 23.0 Å². The van der Waals surface area contributed by atoms with Gasteiger partial charge in [-0.2, -0.15) is 10.2 Å². The molecule has 2 heterocycles. The van der Waals surface area contributed by atoms with Gasteiger partial charge in [-0.15, -0.1) is 0 Å². The number of nitrogens with one attached hydrogen (secondary N) is 2. The highest BCUT2D eigenvalue weighted by Crippen LogP contribution is 2.22. The van der Waals surface area contributed by atoms with E-state index in [2.05, 4.69) is 34.7 Å². The van der Waals surface area contributed by atoms with Gasteiger partial charge in [0.1, 0.15) is 5.82 Å². The molecule has 0 aliphatic carbocycles. The van der Waals surface area contributed by atoms with Gasteiger partial charge in [-0.1, -0.05) is 12.1 Å². The summed E-state index contributed by atoms with van der Waals surface area (Å²) in [5, 5.41) is 16.3. The van der Waals surface area contributed by atoms with Crippen LogP contribution in [0.15, 0.2) is 30.5 Å². The third-order valence-electron chi connectivity index (χ3n) is 4.99. The molecule has 0 saturated carbocycles. The number of benzene rings is 1. The van der Waals surface area contributed by atoms with E-state index >= 15 is 0 Å². The first-order valence-electron chi connectivity index (χ1n) is 9.68. The Balaban J connectivity index is 1.69. The van der Waals surface area contributed by atoms with Crippen LogP contribution in [0.5, 0.6) is 0 Å². The fourth-order valence-electron chi connectivity index (χ4n) is 3.34. The van der Waals surface area contributed by atoms with E-state index in [4.69, 9.17) is 12.2 Å². The number of thiocarbonyl (C=S) groups is 1. The average molecular weight is 415 g/mol. The van der Waals surface area contributed by atoms with E-state index in [9.17, 15) is 4.39 Å². The molecule has 2 N–H and O–H groups in total. The first-order valence-corrected chi connectivity index (χ1v) is 10.1. The van der Waals surface area contributed by atoms with Gasteiger partial charge in [-0.3, -0.25) is 9.36 Å². The Morgan fingerprint density at radius 3 is 2.45 bits per heavy atom. The van der Waals surface area contributed by atoms with Gasteiger partial charge in [0.25, 0.3) is 0 Å². The summed E-state index contributed by atoms with van der Waals surface area (Å²) in [4.78, 5) is 0. The predicted octanol–water partition coefficient (Wildman–Crippen LogP) is 4.26. The van der Waals surface area contributed by atoms with Crippen LogP contribution in [0.2, 0.25) is 0 Å². The second-order valence-electron chi connectivity index (χ2n) is 7.18. The highest BCUT2D eigenvalue weighted by Gasteiger charge is 2.16. The van der Waals surface area contributed by atoms with Crippen LogP contribution in [0, 0.1) is 26.6 Å². The highest BCUT2D eigenvalue weighted by atomic mass is 32.1. The maximum Gasteiger partial charge on any atom is 0.171 e. The summed E-state index contributed by atoms with van der Waals surface area (Å²) in [5.41, 5.74) is 5.82. The van der Waals surface area contributed by atoms with E-state index in [-0.39, 0.29) is 11.9 Å². The molecular formula is C21H27FN6S. The number of hydrogen-bond acceptors (Lipinski definition) is 3. The lowest BCUT2D eigenvalue weighted by molar-refractivity contribution is 0.622. The minimum Gasteiger partial charge on any atom is -0.356 e. The van der Waals surface area contributed by atoms with Gasteiger partial charge in [0.2, 0.25) is 0 Å². The van der Waals surface area contributed by atoms with Crippen LogP contribution in [0.4, 0.5) is 10.1 Å². The Morgan fingerprint density at radius 2 is 1.83 bits per heavy atom. The SMILES string of the molecule is CCn1cc(C(C)NC(=S)Nc2c(C)nn(Cc3ccc(F)cc3)c2C)c(C)n1. The zero-order valence-electron chi connectivity index (χ0n) is 17.5.